The molecular weight excluding hydrogens is 231 g/mol. The molecule has 90 valence electrons. The minimum atomic E-state index is -4.83. The van der Waals surface area contributed by atoms with Crippen LogP contribution in [-0.2, 0) is 12.7 Å². The van der Waals surface area contributed by atoms with Crippen LogP contribution in [-0.4, -0.2) is 4.98 Å². The largest absolute Gasteiger partial charge is 0.417 e. The number of hydrogen-bond donors (Lipinski definition) is 1. The molecule has 0 radical (unpaired) electrons. The van der Waals surface area contributed by atoms with Crippen molar-refractivity contribution in [2.75, 3.05) is 0 Å². The van der Waals surface area contributed by atoms with E-state index in [4.69, 9.17) is 5.73 Å². The van der Waals surface area contributed by atoms with Crippen molar-refractivity contribution in [1.29, 1.82) is 0 Å². The van der Waals surface area contributed by atoms with E-state index in [0.29, 0.717) is 0 Å². The Morgan fingerprint density at radius 2 is 1.94 bits per heavy atom. The molecule has 0 bridgehead atoms. The van der Waals surface area contributed by atoms with Crippen LogP contribution in [0.25, 0.3) is 0 Å². The highest BCUT2D eigenvalue weighted by atomic mass is 19.4. The predicted molar refractivity (Wildman–Crippen MR) is 46.8 cm³/mol. The van der Waals surface area contributed by atoms with Gasteiger partial charge in [0.15, 0.2) is 0 Å². The molecule has 0 unspecified atom stereocenters. The minimum Gasteiger partial charge on any atom is -0.325 e. The van der Waals surface area contributed by atoms with E-state index in [9.17, 15) is 22.0 Å². The van der Waals surface area contributed by atoms with Crippen molar-refractivity contribution >= 4 is 0 Å². The highest BCUT2D eigenvalue weighted by molar-refractivity contribution is 5.39. The maximum atomic E-state index is 12.6. The van der Waals surface area contributed by atoms with Crippen LogP contribution in [0.4, 0.5) is 22.0 Å². The van der Waals surface area contributed by atoms with Crippen LogP contribution in [0, 0.1) is 6.92 Å². The van der Waals surface area contributed by atoms with E-state index in [2.05, 4.69) is 4.98 Å². The predicted octanol–water partition coefficient (Wildman–Crippen LogP) is 2.81. The molecule has 2 nitrogen and oxygen atoms in total. The topological polar surface area (TPSA) is 38.9 Å². The van der Waals surface area contributed by atoms with E-state index in [1.807, 2.05) is 0 Å². The molecule has 0 aliphatic carbocycles. The van der Waals surface area contributed by atoms with Crippen molar-refractivity contribution in [1.82, 2.24) is 4.98 Å². The first kappa shape index (κ1) is 12.8. The van der Waals surface area contributed by atoms with Gasteiger partial charge in [-0.2, -0.15) is 13.2 Å². The number of pyridine rings is 1. The fourth-order valence-corrected chi connectivity index (χ4v) is 1.44. The number of alkyl halides is 5. The summed E-state index contributed by atoms with van der Waals surface area (Å²) >= 11 is 0. The lowest BCUT2D eigenvalue weighted by Gasteiger charge is -2.17. The number of nitrogens with two attached hydrogens (primary N) is 1. The summed E-state index contributed by atoms with van der Waals surface area (Å²) in [4.78, 5) is 3.49. The van der Waals surface area contributed by atoms with Crippen LogP contribution in [0.2, 0.25) is 0 Å². The van der Waals surface area contributed by atoms with Gasteiger partial charge in [-0.05, 0) is 12.5 Å². The first-order valence-corrected chi connectivity index (χ1v) is 4.32. The molecule has 0 saturated carbocycles. The average Bonchev–Trinajstić information content (AvgIpc) is 2.15. The van der Waals surface area contributed by atoms with Gasteiger partial charge in [0, 0.05) is 12.7 Å². The lowest BCUT2D eigenvalue weighted by Crippen LogP contribution is -2.17. The number of nitrogens with zero attached hydrogens (tertiary/aromatic N) is 1. The van der Waals surface area contributed by atoms with E-state index in [0.717, 1.165) is 13.1 Å². The maximum Gasteiger partial charge on any atom is 0.417 e. The zero-order valence-corrected chi connectivity index (χ0v) is 8.28. The van der Waals surface area contributed by atoms with E-state index in [1.54, 1.807) is 0 Å². The molecule has 0 amide bonds. The van der Waals surface area contributed by atoms with Crippen LogP contribution >= 0.6 is 0 Å². The van der Waals surface area contributed by atoms with Crippen molar-refractivity contribution in [3.05, 3.63) is 28.6 Å². The third-order valence-electron chi connectivity index (χ3n) is 2.08. The first-order chi connectivity index (χ1) is 7.29. The minimum absolute atomic E-state index is 0.333. The molecule has 1 heterocycles. The molecule has 1 rings (SSSR count). The molecule has 0 aliphatic heterocycles. The van der Waals surface area contributed by atoms with Gasteiger partial charge in [0.25, 0.3) is 6.43 Å². The SMILES string of the molecule is Cc1cnc(CN)c(C(F)F)c1C(F)(F)F. The fraction of sp³-hybridized carbons (Fsp3) is 0.444. The van der Waals surface area contributed by atoms with Gasteiger partial charge in [-0.25, -0.2) is 8.78 Å². The molecule has 0 fully saturated rings. The molecule has 2 N–H and O–H groups in total. The van der Waals surface area contributed by atoms with E-state index >= 15 is 0 Å². The number of rotatable bonds is 2. The monoisotopic (exact) mass is 240 g/mol. The summed E-state index contributed by atoms with van der Waals surface area (Å²) in [6.45, 7) is 0.630. The van der Waals surface area contributed by atoms with Crippen LogP contribution in [0.3, 0.4) is 0 Å². The normalized spacial score (nSPS) is 12.2. The number of halogens is 5. The second-order valence-corrected chi connectivity index (χ2v) is 3.18. The van der Waals surface area contributed by atoms with Crippen LogP contribution in [0.15, 0.2) is 6.20 Å². The van der Waals surface area contributed by atoms with Gasteiger partial charge >= 0.3 is 6.18 Å². The summed E-state index contributed by atoms with van der Waals surface area (Å²) in [7, 11) is 0. The molecule has 0 spiro atoms. The highest BCUT2D eigenvalue weighted by Gasteiger charge is 2.39. The Hall–Kier alpha value is -1.24. The van der Waals surface area contributed by atoms with E-state index < -0.39 is 36.0 Å². The van der Waals surface area contributed by atoms with Crippen LogP contribution in [0.1, 0.15) is 28.8 Å². The van der Waals surface area contributed by atoms with Crippen molar-refractivity contribution in [3.8, 4) is 0 Å². The van der Waals surface area contributed by atoms with Crippen molar-refractivity contribution in [3.63, 3.8) is 0 Å². The number of aromatic nitrogens is 1. The Morgan fingerprint density at radius 1 is 1.38 bits per heavy atom. The Balaban J connectivity index is 3.55. The fourth-order valence-electron chi connectivity index (χ4n) is 1.44. The van der Waals surface area contributed by atoms with Crippen LogP contribution in [0.5, 0.6) is 0 Å². The van der Waals surface area contributed by atoms with Gasteiger partial charge in [0.2, 0.25) is 0 Å². The summed E-state index contributed by atoms with van der Waals surface area (Å²) in [5, 5.41) is 0. The smallest absolute Gasteiger partial charge is 0.325 e. The lowest BCUT2D eigenvalue weighted by molar-refractivity contribution is -0.140. The van der Waals surface area contributed by atoms with Crippen molar-refractivity contribution in [2.45, 2.75) is 26.1 Å². The zero-order chi connectivity index (χ0) is 12.5. The van der Waals surface area contributed by atoms with Gasteiger partial charge in [-0.3, -0.25) is 4.98 Å². The molecule has 0 aromatic carbocycles. The average molecular weight is 240 g/mol. The summed E-state index contributed by atoms with van der Waals surface area (Å²) in [5.74, 6) is 0. The zero-order valence-electron chi connectivity index (χ0n) is 8.28. The molecule has 7 heteroatoms. The molecule has 1 aromatic heterocycles. The Bertz CT molecular complexity index is 386. The van der Waals surface area contributed by atoms with Gasteiger partial charge in [-0.15, -0.1) is 0 Å². The highest BCUT2D eigenvalue weighted by Crippen LogP contribution is 2.39. The standard InChI is InChI=1S/C9H9F5N2/c1-4-3-16-5(2-15)6(8(10)11)7(4)9(12,13)14/h3,8H,2,15H2,1H3. The maximum absolute atomic E-state index is 12.6. The summed E-state index contributed by atoms with van der Waals surface area (Å²) in [5.41, 5.74) is 1.88. The summed E-state index contributed by atoms with van der Waals surface area (Å²) in [6, 6.07) is 0. The number of aryl methyl sites for hydroxylation is 1. The Kier molecular flexibility index (Phi) is 3.47. The van der Waals surface area contributed by atoms with Gasteiger partial charge in [0.1, 0.15) is 0 Å². The van der Waals surface area contributed by atoms with E-state index in [-0.39, 0.29) is 5.56 Å². The third-order valence-corrected chi connectivity index (χ3v) is 2.08. The van der Waals surface area contributed by atoms with Gasteiger partial charge in [0.05, 0.1) is 16.8 Å². The van der Waals surface area contributed by atoms with E-state index in [1.165, 1.54) is 0 Å². The summed E-state index contributed by atoms with van der Waals surface area (Å²) in [6.07, 6.45) is -7.18. The van der Waals surface area contributed by atoms with Crippen molar-refractivity contribution < 1.29 is 22.0 Å². The number of hydrogen-bond acceptors (Lipinski definition) is 2. The lowest BCUT2D eigenvalue weighted by atomic mass is 10.0. The molecule has 0 saturated heterocycles. The first-order valence-electron chi connectivity index (χ1n) is 4.32. The van der Waals surface area contributed by atoms with Crippen LogP contribution < -0.4 is 5.73 Å². The molecule has 16 heavy (non-hydrogen) atoms. The van der Waals surface area contributed by atoms with Crippen molar-refractivity contribution in [2.24, 2.45) is 5.73 Å². The molecular formula is C9H9F5N2. The second-order valence-electron chi connectivity index (χ2n) is 3.18. The Morgan fingerprint density at radius 3 is 2.31 bits per heavy atom. The second kappa shape index (κ2) is 4.32. The summed E-state index contributed by atoms with van der Waals surface area (Å²) < 4.78 is 62.9. The molecule has 0 aliphatic rings. The third kappa shape index (κ3) is 2.29. The van der Waals surface area contributed by atoms with Gasteiger partial charge in [-0.1, -0.05) is 0 Å². The molecule has 1 aromatic rings. The quantitative estimate of drug-likeness (QED) is 0.807. The Labute approximate surface area is 88.3 Å². The molecule has 0 atom stereocenters. The van der Waals surface area contributed by atoms with Gasteiger partial charge < -0.3 is 5.73 Å².